The van der Waals surface area contributed by atoms with Crippen LogP contribution in [0.5, 0.6) is 0 Å². The van der Waals surface area contributed by atoms with Crippen molar-refractivity contribution in [2.24, 2.45) is 0 Å². The second kappa shape index (κ2) is 9.91. The molecule has 0 spiro atoms. The van der Waals surface area contributed by atoms with E-state index in [0.29, 0.717) is 5.82 Å². The maximum absolute atomic E-state index is 6.19. The first-order valence-electron chi connectivity index (χ1n) is 11.7. The number of nitrogens with two attached hydrogens (primary N) is 1. The normalized spacial score (nSPS) is 11.4. The van der Waals surface area contributed by atoms with Crippen LogP contribution in [0.25, 0.3) is 21.8 Å². The molecule has 0 atom stereocenters. The van der Waals surface area contributed by atoms with Crippen LogP contribution >= 0.6 is 0 Å². The van der Waals surface area contributed by atoms with Gasteiger partial charge in [0.2, 0.25) is 0 Å². The van der Waals surface area contributed by atoms with Crippen molar-refractivity contribution in [1.82, 2.24) is 9.97 Å². The summed E-state index contributed by atoms with van der Waals surface area (Å²) >= 11 is 0. The van der Waals surface area contributed by atoms with Crippen LogP contribution in [-0.4, -0.2) is 9.97 Å². The third kappa shape index (κ3) is 5.22. The topological polar surface area (TPSA) is 51.8 Å². The van der Waals surface area contributed by atoms with Crippen molar-refractivity contribution in [1.29, 1.82) is 0 Å². The van der Waals surface area contributed by atoms with Crippen LogP contribution in [0.15, 0.2) is 54.7 Å². The van der Waals surface area contributed by atoms with Gasteiger partial charge in [-0.1, -0.05) is 69.0 Å². The van der Waals surface area contributed by atoms with Crippen molar-refractivity contribution >= 4 is 27.6 Å². The van der Waals surface area contributed by atoms with Gasteiger partial charge in [0.25, 0.3) is 0 Å². The maximum atomic E-state index is 6.19. The van der Waals surface area contributed by atoms with Gasteiger partial charge in [-0.25, -0.2) is 4.98 Å². The van der Waals surface area contributed by atoms with E-state index in [9.17, 15) is 0 Å². The third-order valence-electron chi connectivity index (χ3n) is 6.17. The van der Waals surface area contributed by atoms with Crippen LogP contribution in [0.3, 0.4) is 0 Å². The number of aromatic nitrogens is 2. The lowest BCUT2D eigenvalue weighted by Crippen LogP contribution is -1.98. The summed E-state index contributed by atoms with van der Waals surface area (Å²) in [4.78, 5) is 9.19. The molecule has 0 bridgehead atoms. The van der Waals surface area contributed by atoms with E-state index in [1.807, 2.05) is 6.20 Å². The Morgan fingerprint density at radius 1 is 0.742 bits per heavy atom. The second-order valence-electron chi connectivity index (χ2n) is 8.74. The highest BCUT2D eigenvalue weighted by molar-refractivity contribution is 6.08. The van der Waals surface area contributed by atoms with Crippen molar-refractivity contribution in [2.45, 2.75) is 65.2 Å². The number of fused-ring (bicyclic) bond motifs is 3. The Hall–Kier alpha value is -2.94. The summed E-state index contributed by atoms with van der Waals surface area (Å²) < 4.78 is 0. The molecule has 0 aliphatic carbocycles. The highest BCUT2D eigenvalue weighted by atomic mass is 14.9. The highest BCUT2D eigenvalue weighted by Crippen LogP contribution is 2.28. The van der Waals surface area contributed by atoms with Crippen molar-refractivity contribution in [3.05, 3.63) is 77.0 Å². The molecule has 0 unspecified atom stereocenters. The van der Waals surface area contributed by atoms with Crippen LogP contribution in [0, 0.1) is 6.92 Å². The fourth-order valence-electron chi connectivity index (χ4n) is 4.29. The van der Waals surface area contributed by atoms with Crippen LogP contribution in [-0.2, 0) is 19.3 Å². The predicted molar refractivity (Wildman–Crippen MR) is 133 cm³/mol. The maximum Gasteiger partial charge on any atom is 0.150 e. The van der Waals surface area contributed by atoms with E-state index in [2.05, 4.69) is 72.3 Å². The summed E-state index contributed by atoms with van der Waals surface area (Å²) in [5, 5.41) is 2.21. The van der Waals surface area contributed by atoms with E-state index in [1.165, 1.54) is 60.8 Å². The van der Waals surface area contributed by atoms with Gasteiger partial charge in [0.1, 0.15) is 5.52 Å². The minimum Gasteiger partial charge on any atom is -0.382 e. The predicted octanol–water partition coefficient (Wildman–Crippen LogP) is 6.97. The fourth-order valence-corrected chi connectivity index (χ4v) is 4.29. The molecule has 2 N–H and O–H groups in total. The Bertz CT molecular complexity index is 1160. The Labute approximate surface area is 185 Å². The number of benzene rings is 2. The Kier molecular flexibility index (Phi) is 6.81. The van der Waals surface area contributed by atoms with Gasteiger partial charge in [-0.2, -0.15) is 0 Å². The quantitative estimate of drug-likeness (QED) is 0.239. The number of pyridine rings is 2. The average molecular weight is 412 g/mol. The lowest BCUT2D eigenvalue weighted by Gasteiger charge is -2.09. The second-order valence-corrected chi connectivity index (χ2v) is 8.74. The molecule has 0 amide bonds. The summed E-state index contributed by atoms with van der Waals surface area (Å²) in [6, 6.07) is 17.8. The van der Waals surface area contributed by atoms with Crippen LogP contribution < -0.4 is 5.73 Å². The number of nitrogen functional groups attached to an aromatic ring is 1. The number of anilines is 1. The number of rotatable bonds is 9. The van der Waals surface area contributed by atoms with E-state index >= 15 is 0 Å². The molecular weight excluding hydrogens is 378 g/mol. The van der Waals surface area contributed by atoms with E-state index in [4.69, 9.17) is 5.73 Å². The summed E-state index contributed by atoms with van der Waals surface area (Å²) in [5.74, 6) is 0.505. The van der Waals surface area contributed by atoms with Gasteiger partial charge in [-0.3, -0.25) is 4.98 Å². The molecule has 31 heavy (non-hydrogen) atoms. The van der Waals surface area contributed by atoms with Gasteiger partial charge in [0.15, 0.2) is 5.82 Å². The van der Waals surface area contributed by atoms with E-state index in [-0.39, 0.29) is 0 Å². The Morgan fingerprint density at radius 3 is 2.23 bits per heavy atom. The number of hydrogen-bond donors (Lipinski definition) is 1. The first kappa shape index (κ1) is 21.3. The van der Waals surface area contributed by atoms with Gasteiger partial charge < -0.3 is 5.73 Å². The number of nitrogens with zero attached hydrogens (tertiary/aromatic N) is 2. The van der Waals surface area contributed by atoms with Gasteiger partial charge in [-0.05, 0) is 67.0 Å². The average Bonchev–Trinajstić information content (AvgIpc) is 2.78. The molecule has 0 aliphatic heterocycles. The first-order valence-corrected chi connectivity index (χ1v) is 11.7. The number of hydrogen-bond acceptors (Lipinski definition) is 3. The number of aryl methyl sites for hydroxylation is 4. The van der Waals surface area contributed by atoms with Crippen molar-refractivity contribution in [3.8, 4) is 0 Å². The molecule has 4 aromatic rings. The third-order valence-corrected chi connectivity index (χ3v) is 6.17. The summed E-state index contributed by atoms with van der Waals surface area (Å²) in [6.45, 7) is 4.34. The van der Waals surface area contributed by atoms with E-state index in [0.717, 1.165) is 34.6 Å². The molecule has 0 saturated carbocycles. The van der Waals surface area contributed by atoms with Crippen molar-refractivity contribution < 1.29 is 0 Å². The first-order chi connectivity index (χ1) is 15.1. The lowest BCUT2D eigenvalue weighted by atomic mass is 10.00. The Balaban J connectivity index is 1.43. The standard InChI is InChI=1S/C28H33N3/c1-3-4-5-6-7-8-21-10-12-22(13-11-21)14-15-23-18-25-24-16-9-20(2)17-26(24)31-28(29)27(25)30-19-23/h9-13,16-19H,3-8,14-15H2,1-2H3,(H2,29,31). The van der Waals surface area contributed by atoms with Gasteiger partial charge >= 0.3 is 0 Å². The molecule has 2 heterocycles. The molecule has 3 heteroatoms. The minimum absolute atomic E-state index is 0.505. The number of unbranched alkanes of at least 4 members (excludes halogenated alkanes) is 4. The minimum atomic E-state index is 0.505. The molecular formula is C28H33N3. The lowest BCUT2D eigenvalue weighted by molar-refractivity contribution is 0.632. The van der Waals surface area contributed by atoms with Crippen molar-refractivity contribution in [3.63, 3.8) is 0 Å². The smallest absolute Gasteiger partial charge is 0.150 e. The SMILES string of the molecule is CCCCCCCc1ccc(CCc2cnc3c(N)nc4cc(C)ccc4c3c2)cc1. The molecule has 3 nitrogen and oxygen atoms in total. The zero-order valence-electron chi connectivity index (χ0n) is 18.8. The largest absolute Gasteiger partial charge is 0.382 e. The zero-order valence-corrected chi connectivity index (χ0v) is 18.8. The summed E-state index contributed by atoms with van der Waals surface area (Å²) in [5.41, 5.74) is 13.2. The van der Waals surface area contributed by atoms with E-state index < -0.39 is 0 Å². The van der Waals surface area contributed by atoms with Gasteiger partial charge in [0.05, 0.1) is 5.52 Å². The molecule has 4 rings (SSSR count). The summed E-state index contributed by atoms with van der Waals surface area (Å²) in [6.07, 6.45) is 11.8. The molecule has 0 fully saturated rings. The molecule has 2 aromatic heterocycles. The van der Waals surface area contributed by atoms with Crippen molar-refractivity contribution in [2.75, 3.05) is 5.73 Å². The Morgan fingerprint density at radius 2 is 1.45 bits per heavy atom. The highest BCUT2D eigenvalue weighted by Gasteiger charge is 2.09. The molecule has 0 saturated heterocycles. The fraction of sp³-hybridized carbons (Fsp3) is 0.357. The van der Waals surface area contributed by atoms with Crippen LogP contribution in [0.1, 0.15) is 61.3 Å². The molecule has 0 aliphatic rings. The van der Waals surface area contributed by atoms with Gasteiger partial charge in [0, 0.05) is 17.0 Å². The summed E-state index contributed by atoms with van der Waals surface area (Å²) in [7, 11) is 0. The van der Waals surface area contributed by atoms with Crippen LogP contribution in [0.4, 0.5) is 5.82 Å². The molecule has 0 radical (unpaired) electrons. The van der Waals surface area contributed by atoms with E-state index in [1.54, 1.807) is 0 Å². The monoisotopic (exact) mass is 411 g/mol. The zero-order chi connectivity index (χ0) is 21.6. The molecule has 2 aromatic carbocycles. The molecule has 160 valence electrons. The van der Waals surface area contributed by atoms with Gasteiger partial charge in [-0.15, -0.1) is 0 Å². The van der Waals surface area contributed by atoms with Crippen LogP contribution in [0.2, 0.25) is 0 Å².